The zero-order chi connectivity index (χ0) is 23.4. The Morgan fingerprint density at radius 3 is 2.42 bits per heavy atom. The highest BCUT2D eigenvalue weighted by Crippen LogP contribution is 2.33. The fourth-order valence-electron chi connectivity index (χ4n) is 4.90. The fraction of sp³-hybridized carbons (Fsp3) is 0.400. The van der Waals surface area contributed by atoms with Crippen molar-refractivity contribution in [3.63, 3.8) is 0 Å². The number of piperidine rings is 1. The monoisotopic (exact) mass is 452 g/mol. The van der Waals surface area contributed by atoms with Gasteiger partial charge in [0.25, 0.3) is 0 Å². The van der Waals surface area contributed by atoms with Gasteiger partial charge in [0, 0.05) is 38.2 Å². The molecule has 2 aromatic carbocycles. The van der Waals surface area contributed by atoms with Crippen LogP contribution in [0.25, 0.3) is 0 Å². The number of anilines is 1. The van der Waals surface area contributed by atoms with Crippen molar-refractivity contribution in [1.82, 2.24) is 9.80 Å². The number of likely N-dealkylation sites (tertiary alicyclic amines) is 2. The van der Waals surface area contributed by atoms with E-state index in [-0.39, 0.29) is 29.6 Å². The fourth-order valence-corrected chi connectivity index (χ4v) is 4.90. The number of hydrogen-bond donors (Lipinski definition) is 2. The molecule has 2 heterocycles. The molecule has 0 bridgehead atoms. The molecule has 2 aliphatic heterocycles. The molecule has 4 amide bonds. The van der Waals surface area contributed by atoms with Gasteiger partial charge in [0.1, 0.15) is 11.9 Å². The van der Waals surface area contributed by atoms with Gasteiger partial charge >= 0.3 is 6.03 Å². The number of primary amides is 1. The number of benzene rings is 2. The molecule has 4 rings (SSSR count). The lowest BCUT2D eigenvalue weighted by Crippen LogP contribution is -2.49. The number of nitrogens with two attached hydrogens (primary N) is 1. The first-order valence-electron chi connectivity index (χ1n) is 11.3. The van der Waals surface area contributed by atoms with Crippen LogP contribution >= 0.6 is 0 Å². The molecule has 0 aliphatic carbocycles. The smallest absolute Gasteiger partial charge is 0.321 e. The summed E-state index contributed by atoms with van der Waals surface area (Å²) in [6, 6.07) is 14.3. The molecule has 0 unspecified atom stereocenters. The van der Waals surface area contributed by atoms with E-state index < -0.39 is 11.9 Å². The van der Waals surface area contributed by atoms with Crippen LogP contribution in [-0.2, 0) is 16.0 Å². The maximum Gasteiger partial charge on any atom is 0.321 e. The van der Waals surface area contributed by atoms with E-state index in [1.54, 1.807) is 9.80 Å². The molecular formula is C25H29FN4O3. The molecule has 33 heavy (non-hydrogen) atoms. The second kappa shape index (κ2) is 10.0. The van der Waals surface area contributed by atoms with Crippen molar-refractivity contribution < 1.29 is 18.8 Å². The highest BCUT2D eigenvalue weighted by Gasteiger charge is 2.39. The molecule has 8 heteroatoms. The summed E-state index contributed by atoms with van der Waals surface area (Å²) >= 11 is 0. The van der Waals surface area contributed by atoms with Crippen LogP contribution < -0.4 is 11.1 Å². The summed E-state index contributed by atoms with van der Waals surface area (Å²) in [7, 11) is 0. The lowest BCUT2D eigenvalue weighted by molar-refractivity contribution is -0.139. The van der Waals surface area contributed by atoms with Crippen LogP contribution in [0.15, 0.2) is 54.6 Å². The Kier molecular flexibility index (Phi) is 6.91. The number of nitrogens with one attached hydrogen (secondary N) is 1. The second-order valence-corrected chi connectivity index (χ2v) is 8.88. The van der Waals surface area contributed by atoms with Gasteiger partial charge < -0.3 is 20.9 Å². The van der Waals surface area contributed by atoms with E-state index in [0.717, 1.165) is 12.0 Å². The maximum absolute atomic E-state index is 13.1. The molecule has 0 saturated carbocycles. The zero-order valence-corrected chi connectivity index (χ0v) is 18.5. The van der Waals surface area contributed by atoms with Gasteiger partial charge in [-0.15, -0.1) is 0 Å². The van der Waals surface area contributed by atoms with Crippen LogP contribution in [0.2, 0.25) is 0 Å². The third-order valence-corrected chi connectivity index (χ3v) is 6.75. The maximum atomic E-state index is 13.1. The lowest BCUT2D eigenvalue weighted by Gasteiger charge is -2.37. The summed E-state index contributed by atoms with van der Waals surface area (Å²) in [5.41, 5.74) is 7.20. The van der Waals surface area contributed by atoms with Gasteiger partial charge in [-0.05, 0) is 54.5 Å². The Labute approximate surface area is 192 Å². The highest BCUT2D eigenvalue weighted by molar-refractivity contribution is 5.89. The van der Waals surface area contributed by atoms with E-state index in [0.29, 0.717) is 44.6 Å². The first-order chi connectivity index (χ1) is 15.9. The SMILES string of the molecule is NC(=O)[C@H](Cc1ccccc1)N1CC[C@H]2CN(C(=O)Nc3ccc(F)cc3)CC[C@H]2CC1=O. The predicted molar refractivity (Wildman–Crippen MR) is 123 cm³/mol. The van der Waals surface area contributed by atoms with E-state index >= 15 is 0 Å². The largest absolute Gasteiger partial charge is 0.368 e. The summed E-state index contributed by atoms with van der Waals surface area (Å²) in [6.07, 6.45) is 2.18. The molecule has 0 aromatic heterocycles. The van der Waals surface area contributed by atoms with Crippen LogP contribution in [0.5, 0.6) is 0 Å². The molecule has 3 N–H and O–H groups in total. The van der Waals surface area contributed by atoms with E-state index in [9.17, 15) is 18.8 Å². The Morgan fingerprint density at radius 1 is 1.03 bits per heavy atom. The number of nitrogens with zero attached hydrogens (tertiary/aromatic N) is 2. The summed E-state index contributed by atoms with van der Waals surface area (Å²) in [5, 5.41) is 2.81. The molecule has 7 nitrogen and oxygen atoms in total. The van der Waals surface area contributed by atoms with Crippen molar-refractivity contribution in [3.8, 4) is 0 Å². The number of amides is 4. The number of carbonyl (C=O) groups is 3. The molecular weight excluding hydrogens is 423 g/mol. The number of carbonyl (C=O) groups excluding carboxylic acids is 3. The molecule has 3 atom stereocenters. The van der Waals surface area contributed by atoms with Crippen LogP contribution in [0.1, 0.15) is 24.8 Å². The minimum Gasteiger partial charge on any atom is -0.368 e. The van der Waals surface area contributed by atoms with Gasteiger partial charge in [0.2, 0.25) is 11.8 Å². The summed E-state index contributed by atoms with van der Waals surface area (Å²) < 4.78 is 13.1. The first-order valence-corrected chi connectivity index (χ1v) is 11.3. The van der Waals surface area contributed by atoms with Crippen molar-refractivity contribution in [2.45, 2.75) is 31.7 Å². The number of halogens is 1. The molecule has 2 fully saturated rings. The standard InChI is InChI=1S/C25H29FN4O3/c26-20-6-8-21(9-7-20)28-25(33)29-12-10-18-15-23(31)30(13-11-19(18)16-29)22(24(27)32)14-17-4-2-1-3-5-17/h1-9,18-19,22H,10-16H2,(H2,27,32)(H,28,33)/t18-,19-,22-/m0/s1. The molecule has 0 spiro atoms. The average Bonchev–Trinajstić information content (AvgIpc) is 2.97. The van der Waals surface area contributed by atoms with E-state index in [1.807, 2.05) is 30.3 Å². The third-order valence-electron chi connectivity index (χ3n) is 6.75. The zero-order valence-electron chi connectivity index (χ0n) is 18.5. The van der Waals surface area contributed by atoms with Crippen LogP contribution in [0.3, 0.4) is 0 Å². The number of urea groups is 1. The Morgan fingerprint density at radius 2 is 1.73 bits per heavy atom. The van der Waals surface area contributed by atoms with Crippen LogP contribution in [-0.4, -0.2) is 53.3 Å². The topological polar surface area (TPSA) is 95.7 Å². The minimum atomic E-state index is -0.682. The molecule has 2 saturated heterocycles. The molecule has 2 aliphatic rings. The van der Waals surface area contributed by atoms with Gasteiger partial charge in [-0.25, -0.2) is 9.18 Å². The number of fused-ring (bicyclic) bond motifs is 1. The van der Waals surface area contributed by atoms with Gasteiger partial charge in [-0.3, -0.25) is 9.59 Å². The first kappa shape index (κ1) is 22.8. The van der Waals surface area contributed by atoms with Gasteiger partial charge in [-0.1, -0.05) is 30.3 Å². The normalized spacial score (nSPS) is 21.7. The highest BCUT2D eigenvalue weighted by atomic mass is 19.1. The van der Waals surface area contributed by atoms with Gasteiger partial charge in [0.05, 0.1) is 0 Å². The predicted octanol–water partition coefficient (Wildman–Crippen LogP) is 3.01. The van der Waals surface area contributed by atoms with Crippen molar-refractivity contribution in [1.29, 1.82) is 0 Å². The van der Waals surface area contributed by atoms with Crippen molar-refractivity contribution in [2.75, 3.05) is 25.0 Å². The lowest BCUT2D eigenvalue weighted by atomic mass is 9.82. The molecule has 2 aromatic rings. The Bertz CT molecular complexity index is 998. The summed E-state index contributed by atoms with van der Waals surface area (Å²) in [4.78, 5) is 41.4. The summed E-state index contributed by atoms with van der Waals surface area (Å²) in [6.45, 7) is 1.53. The number of rotatable bonds is 5. The Hall–Kier alpha value is -3.42. The van der Waals surface area contributed by atoms with E-state index in [2.05, 4.69) is 5.32 Å². The van der Waals surface area contributed by atoms with Crippen LogP contribution in [0.4, 0.5) is 14.9 Å². The Balaban J connectivity index is 1.40. The molecule has 0 radical (unpaired) electrons. The molecule has 174 valence electrons. The number of hydrogen-bond acceptors (Lipinski definition) is 3. The van der Waals surface area contributed by atoms with Gasteiger partial charge in [-0.2, -0.15) is 0 Å². The van der Waals surface area contributed by atoms with Crippen LogP contribution in [0, 0.1) is 17.7 Å². The van der Waals surface area contributed by atoms with Crippen molar-refractivity contribution in [3.05, 3.63) is 66.0 Å². The summed E-state index contributed by atoms with van der Waals surface area (Å²) in [5.74, 6) is -0.577. The van der Waals surface area contributed by atoms with E-state index in [1.165, 1.54) is 24.3 Å². The third kappa shape index (κ3) is 5.50. The quantitative estimate of drug-likeness (QED) is 0.730. The van der Waals surface area contributed by atoms with Gasteiger partial charge in [0.15, 0.2) is 0 Å². The minimum absolute atomic E-state index is 0.0496. The van der Waals surface area contributed by atoms with E-state index in [4.69, 9.17) is 5.73 Å². The second-order valence-electron chi connectivity index (χ2n) is 8.88. The van der Waals surface area contributed by atoms with Crippen molar-refractivity contribution >= 4 is 23.5 Å². The average molecular weight is 453 g/mol. The van der Waals surface area contributed by atoms with Crippen molar-refractivity contribution in [2.24, 2.45) is 17.6 Å².